The van der Waals surface area contributed by atoms with Gasteiger partial charge in [0.15, 0.2) is 0 Å². The first-order chi connectivity index (χ1) is 14.9. The van der Waals surface area contributed by atoms with E-state index in [1.54, 1.807) is 28.6 Å². The molecule has 1 atom stereocenters. The third-order valence-corrected chi connectivity index (χ3v) is 7.91. The molecule has 0 radical (unpaired) electrons. The van der Waals surface area contributed by atoms with Crippen molar-refractivity contribution in [2.75, 3.05) is 26.2 Å². The molecule has 1 heterocycles. The van der Waals surface area contributed by atoms with Gasteiger partial charge in [-0.2, -0.15) is 4.31 Å². The average Bonchev–Trinajstić information content (AvgIpc) is 2.76. The molecule has 3 aromatic rings. The predicted molar refractivity (Wildman–Crippen MR) is 127 cm³/mol. The fourth-order valence-corrected chi connectivity index (χ4v) is 5.90. The van der Waals surface area contributed by atoms with E-state index in [4.69, 9.17) is 23.2 Å². The van der Waals surface area contributed by atoms with E-state index in [0.29, 0.717) is 41.8 Å². The lowest BCUT2D eigenvalue weighted by Crippen LogP contribution is -2.50. The van der Waals surface area contributed by atoms with Gasteiger partial charge < -0.3 is 0 Å². The summed E-state index contributed by atoms with van der Waals surface area (Å²) in [5.41, 5.74) is 3.03. The van der Waals surface area contributed by atoms with Gasteiger partial charge in [0.2, 0.25) is 10.0 Å². The Balaban J connectivity index is 1.50. The maximum Gasteiger partial charge on any atom is 0.218 e. The summed E-state index contributed by atoms with van der Waals surface area (Å²) in [6, 6.07) is 25.3. The molecule has 0 bridgehead atoms. The molecule has 1 saturated heterocycles. The fourth-order valence-electron chi connectivity index (χ4n) is 4.06. The van der Waals surface area contributed by atoms with Crippen molar-refractivity contribution in [1.29, 1.82) is 0 Å². The number of nitrogens with zero attached hydrogens (tertiary/aromatic N) is 2. The van der Waals surface area contributed by atoms with Crippen LogP contribution in [0.4, 0.5) is 0 Å². The SMILES string of the molecule is O=S(=O)(Cc1cccc(Cl)c1)N1CCN([C@@H](c2ccccc2)c2ccc(Cl)cc2)CC1. The quantitative estimate of drug-likeness (QED) is 0.490. The Morgan fingerprint density at radius 2 is 1.39 bits per heavy atom. The van der Waals surface area contributed by atoms with Crippen LogP contribution in [-0.2, 0) is 15.8 Å². The van der Waals surface area contributed by atoms with Gasteiger partial charge in [-0.3, -0.25) is 4.90 Å². The van der Waals surface area contributed by atoms with Crippen molar-refractivity contribution in [3.63, 3.8) is 0 Å². The molecule has 0 amide bonds. The highest BCUT2D eigenvalue weighted by molar-refractivity contribution is 7.88. The molecule has 4 rings (SSSR count). The number of benzene rings is 3. The molecule has 1 aliphatic rings. The second-order valence-corrected chi connectivity index (χ2v) is 10.5. The molecule has 1 fully saturated rings. The number of hydrogen-bond acceptors (Lipinski definition) is 3. The Kier molecular flexibility index (Phi) is 6.99. The molecule has 0 unspecified atom stereocenters. The van der Waals surface area contributed by atoms with E-state index < -0.39 is 10.0 Å². The van der Waals surface area contributed by atoms with Crippen LogP contribution in [0.2, 0.25) is 10.0 Å². The first-order valence-corrected chi connectivity index (χ1v) is 12.6. The summed E-state index contributed by atoms with van der Waals surface area (Å²) >= 11 is 12.1. The van der Waals surface area contributed by atoms with Gasteiger partial charge in [-0.15, -0.1) is 0 Å². The highest BCUT2D eigenvalue weighted by Gasteiger charge is 2.31. The van der Waals surface area contributed by atoms with E-state index in [9.17, 15) is 8.42 Å². The molecule has 0 saturated carbocycles. The molecule has 0 aliphatic carbocycles. The van der Waals surface area contributed by atoms with Gasteiger partial charge in [0, 0.05) is 36.2 Å². The van der Waals surface area contributed by atoms with Gasteiger partial charge >= 0.3 is 0 Å². The van der Waals surface area contributed by atoms with Crippen molar-refractivity contribution < 1.29 is 8.42 Å². The van der Waals surface area contributed by atoms with Gasteiger partial charge in [-0.1, -0.05) is 77.8 Å². The Hall–Kier alpha value is -1.89. The highest BCUT2D eigenvalue weighted by atomic mass is 35.5. The molecule has 3 aromatic carbocycles. The van der Waals surface area contributed by atoms with Gasteiger partial charge in [0.1, 0.15) is 0 Å². The lowest BCUT2D eigenvalue weighted by atomic mass is 9.96. The normalized spacial score (nSPS) is 16.8. The summed E-state index contributed by atoms with van der Waals surface area (Å²) in [5.74, 6) is -0.0349. The van der Waals surface area contributed by atoms with Crippen LogP contribution in [0.5, 0.6) is 0 Å². The van der Waals surface area contributed by atoms with Crippen molar-refractivity contribution in [2.24, 2.45) is 0 Å². The molecule has 7 heteroatoms. The van der Waals surface area contributed by atoms with Crippen LogP contribution in [0.25, 0.3) is 0 Å². The maximum absolute atomic E-state index is 13.0. The molecule has 0 spiro atoms. The monoisotopic (exact) mass is 474 g/mol. The van der Waals surface area contributed by atoms with Crippen molar-refractivity contribution in [2.45, 2.75) is 11.8 Å². The van der Waals surface area contributed by atoms with Crippen LogP contribution in [0.1, 0.15) is 22.7 Å². The molecule has 162 valence electrons. The summed E-state index contributed by atoms with van der Waals surface area (Å²) < 4.78 is 27.5. The fraction of sp³-hybridized carbons (Fsp3) is 0.250. The van der Waals surface area contributed by atoms with E-state index in [1.165, 1.54) is 5.56 Å². The third kappa shape index (κ3) is 5.48. The van der Waals surface area contributed by atoms with Crippen LogP contribution in [0, 0.1) is 0 Å². The third-order valence-electron chi connectivity index (χ3n) is 5.57. The van der Waals surface area contributed by atoms with Crippen LogP contribution in [-0.4, -0.2) is 43.8 Å². The lowest BCUT2D eigenvalue weighted by Gasteiger charge is -2.39. The minimum atomic E-state index is -3.41. The van der Waals surface area contributed by atoms with Crippen LogP contribution in [0.3, 0.4) is 0 Å². The van der Waals surface area contributed by atoms with E-state index in [0.717, 1.165) is 5.56 Å². The lowest BCUT2D eigenvalue weighted by molar-refractivity contribution is 0.155. The first kappa shape index (κ1) is 22.3. The second-order valence-electron chi connectivity index (χ2n) is 7.69. The standard InChI is InChI=1S/C24H24Cl2N2O2S/c25-22-11-9-21(10-12-22)24(20-6-2-1-3-7-20)27-13-15-28(16-14-27)31(29,30)18-19-5-4-8-23(26)17-19/h1-12,17,24H,13-16,18H2/t24-/m0/s1. The molecular formula is C24H24Cl2N2O2S. The summed E-state index contributed by atoms with van der Waals surface area (Å²) in [6.07, 6.45) is 0. The molecular weight excluding hydrogens is 451 g/mol. The Bertz CT molecular complexity index is 1110. The average molecular weight is 475 g/mol. The summed E-state index contributed by atoms with van der Waals surface area (Å²) in [5, 5.41) is 1.25. The molecule has 1 aliphatic heterocycles. The van der Waals surface area contributed by atoms with Crippen molar-refractivity contribution >= 4 is 33.2 Å². The zero-order chi connectivity index (χ0) is 21.8. The van der Waals surface area contributed by atoms with Crippen LogP contribution >= 0.6 is 23.2 Å². The Labute approximate surface area is 194 Å². The van der Waals surface area contributed by atoms with E-state index in [1.807, 2.05) is 42.5 Å². The number of sulfonamides is 1. The van der Waals surface area contributed by atoms with E-state index >= 15 is 0 Å². The minimum absolute atomic E-state index is 0.0349. The second kappa shape index (κ2) is 9.72. The zero-order valence-corrected chi connectivity index (χ0v) is 19.3. The number of piperazine rings is 1. The van der Waals surface area contributed by atoms with E-state index in [-0.39, 0.29) is 11.8 Å². The molecule has 4 nitrogen and oxygen atoms in total. The summed E-state index contributed by atoms with van der Waals surface area (Å²) in [7, 11) is -3.41. The molecule has 31 heavy (non-hydrogen) atoms. The Morgan fingerprint density at radius 1 is 0.742 bits per heavy atom. The largest absolute Gasteiger partial charge is 0.290 e. The molecule has 0 N–H and O–H groups in total. The smallest absolute Gasteiger partial charge is 0.218 e. The number of rotatable bonds is 6. The first-order valence-electron chi connectivity index (χ1n) is 10.2. The maximum atomic E-state index is 13.0. The Morgan fingerprint density at radius 3 is 2.03 bits per heavy atom. The van der Waals surface area contributed by atoms with Gasteiger partial charge in [0.05, 0.1) is 11.8 Å². The van der Waals surface area contributed by atoms with Crippen LogP contribution in [0.15, 0.2) is 78.9 Å². The zero-order valence-electron chi connectivity index (χ0n) is 17.0. The summed E-state index contributed by atoms with van der Waals surface area (Å²) in [4.78, 5) is 2.34. The minimum Gasteiger partial charge on any atom is -0.290 e. The van der Waals surface area contributed by atoms with E-state index in [2.05, 4.69) is 17.0 Å². The van der Waals surface area contributed by atoms with Gasteiger partial charge in [-0.25, -0.2) is 8.42 Å². The molecule has 0 aromatic heterocycles. The van der Waals surface area contributed by atoms with Crippen molar-refractivity contribution in [1.82, 2.24) is 9.21 Å². The topological polar surface area (TPSA) is 40.6 Å². The summed E-state index contributed by atoms with van der Waals surface area (Å²) in [6.45, 7) is 2.22. The number of hydrogen-bond donors (Lipinski definition) is 0. The van der Waals surface area contributed by atoms with Crippen molar-refractivity contribution in [3.05, 3.63) is 106 Å². The van der Waals surface area contributed by atoms with Crippen LogP contribution < -0.4 is 0 Å². The number of halogens is 2. The predicted octanol–water partition coefficient (Wildman–Crippen LogP) is 5.23. The van der Waals surface area contributed by atoms with Crippen molar-refractivity contribution in [3.8, 4) is 0 Å². The van der Waals surface area contributed by atoms with Gasteiger partial charge in [0.25, 0.3) is 0 Å². The van der Waals surface area contributed by atoms with Gasteiger partial charge in [-0.05, 0) is 41.0 Å². The highest BCUT2D eigenvalue weighted by Crippen LogP contribution is 2.31.